The van der Waals surface area contributed by atoms with Gasteiger partial charge in [0.15, 0.2) is 0 Å². The van der Waals surface area contributed by atoms with Crippen molar-refractivity contribution >= 4 is 10.8 Å². The fraction of sp³-hybridized carbons (Fsp3) is 0.600. The normalized spacial score (nSPS) is 12.7. The van der Waals surface area contributed by atoms with Crippen LogP contribution < -0.4 is 0 Å². The third-order valence-electron chi connectivity index (χ3n) is 5.53. The van der Waals surface area contributed by atoms with E-state index < -0.39 is 0 Å². The number of fused-ring (bicyclic) bond motifs is 1. The van der Waals surface area contributed by atoms with Gasteiger partial charge in [0, 0.05) is 6.54 Å². The van der Waals surface area contributed by atoms with Crippen LogP contribution >= 0.6 is 0 Å². The van der Waals surface area contributed by atoms with Crippen LogP contribution in [0.2, 0.25) is 0 Å². The van der Waals surface area contributed by atoms with Gasteiger partial charge in [0.1, 0.15) is 0 Å². The minimum absolute atomic E-state index is 0.372. The lowest BCUT2D eigenvalue weighted by Gasteiger charge is -2.24. The van der Waals surface area contributed by atoms with E-state index in [0.717, 1.165) is 18.5 Å². The maximum absolute atomic E-state index is 10.7. The summed E-state index contributed by atoms with van der Waals surface area (Å²) in [4.78, 5) is 2.58. The zero-order chi connectivity index (χ0) is 19.3. The van der Waals surface area contributed by atoms with Crippen molar-refractivity contribution in [1.29, 1.82) is 0 Å². The first kappa shape index (κ1) is 21.9. The van der Waals surface area contributed by atoms with Crippen LogP contribution in [0.15, 0.2) is 42.5 Å². The molecule has 0 heterocycles. The van der Waals surface area contributed by atoms with Gasteiger partial charge >= 0.3 is 0 Å². The van der Waals surface area contributed by atoms with Crippen LogP contribution in [0, 0.1) is 0 Å². The molecule has 0 bridgehead atoms. The van der Waals surface area contributed by atoms with Crippen molar-refractivity contribution in [3.63, 3.8) is 0 Å². The molecule has 2 heteroatoms. The highest BCUT2D eigenvalue weighted by atomic mass is 16.3. The molecule has 2 nitrogen and oxygen atoms in total. The fourth-order valence-electron chi connectivity index (χ4n) is 3.75. The van der Waals surface area contributed by atoms with Gasteiger partial charge in [-0.15, -0.1) is 0 Å². The number of aliphatic hydroxyl groups is 1. The molecule has 0 radical (unpaired) electrons. The van der Waals surface area contributed by atoms with Crippen molar-refractivity contribution in [1.82, 2.24) is 4.90 Å². The molecule has 1 atom stereocenters. The van der Waals surface area contributed by atoms with Crippen molar-refractivity contribution in [2.24, 2.45) is 0 Å². The van der Waals surface area contributed by atoms with Crippen LogP contribution in [0.25, 0.3) is 10.8 Å². The lowest BCUT2D eigenvalue weighted by atomic mass is 10.0. The van der Waals surface area contributed by atoms with Crippen LogP contribution in [0.4, 0.5) is 0 Å². The second kappa shape index (κ2) is 12.9. The maximum Gasteiger partial charge on any atom is 0.0802 e. The highest BCUT2D eigenvalue weighted by Crippen LogP contribution is 2.23. The molecule has 2 aromatic rings. The quantitative estimate of drug-likeness (QED) is 0.373. The fourth-order valence-corrected chi connectivity index (χ4v) is 3.75. The second-order valence-electron chi connectivity index (χ2n) is 7.87. The van der Waals surface area contributed by atoms with E-state index in [-0.39, 0.29) is 6.10 Å². The van der Waals surface area contributed by atoms with E-state index in [4.69, 9.17) is 0 Å². The molecular weight excluding hydrogens is 330 g/mol. The molecule has 0 aliphatic rings. The van der Waals surface area contributed by atoms with Gasteiger partial charge < -0.3 is 10.0 Å². The Balaban J connectivity index is 1.85. The summed E-state index contributed by atoms with van der Waals surface area (Å²) in [7, 11) is 0. The third-order valence-corrected chi connectivity index (χ3v) is 5.53. The number of rotatable bonds is 14. The minimum Gasteiger partial charge on any atom is -0.388 e. The van der Waals surface area contributed by atoms with Gasteiger partial charge in [-0.2, -0.15) is 0 Å². The Hall–Kier alpha value is -1.38. The topological polar surface area (TPSA) is 23.5 Å². The Morgan fingerprint density at radius 3 is 2.00 bits per heavy atom. The van der Waals surface area contributed by atoms with Gasteiger partial charge in [0.25, 0.3) is 0 Å². The Kier molecular flexibility index (Phi) is 10.5. The zero-order valence-corrected chi connectivity index (χ0v) is 17.5. The molecule has 27 heavy (non-hydrogen) atoms. The van der Waals surface area contributed by atoms with Gasteiger partial charge in [-0.1, -0.05) is 88.8 Å². The average molecular weight is 370 g/mol. The summed E-state index contributed by atoms with van der Waals surface area (Å²) in [5.74, 6) is 0. The molecular formula is C25H39NO. The number of unbranched alkanes of at least 4 members (excludes halogenated alkanes) is 6. The van der Waals surface area contributed by atoms with Crippen molar-refractivity contribution in [3.05, 3.63) is 48.0 Å². The van der Waals surface area contributed by atoms with E-state index >= 15 is 0 Å². The molecule has 0 spiro atoms. The number of aliphatic hydroxyl groups excluding tert-OH is 1. The third kappa shape index (κ3) is 8.02. The summed E-state index contributed by atoms with van der Waals surface area (Å²) < 4.78 is 0. The van der Waals surface area contributed by atoms with Gasteiger partial charge in [-0.3, -0.25) is 0 Å². The summed E-state index contributed by atoms with van der Waals surface area (Å²) in [5.41, 5.74) is 1.05. The monoisotopic (exact) mass is 369 g/mol. The number of hydrogen-bond donors (Lipinski definition) is 1. The second-order valence-corrected chi connectivity index (χ2v) is 7.87. The van der Waals surface area contributed by atoms with Crippen molar-refractivity contribution in [3.8, 4) is 0 Å². The number of nitrogens with zero attached hydrogens (tertiary/aromatic N) is 1. The van der Waals surface area contributed by atoms with E-state index in [1.165, 1.54) is 75.2 Å². The average Bonchev–Trinajstić information content (AvgIpc) is 2.71. The van der Waals surface area contributed by atoms with E-state index in [1.807, 2.05) is 0 Å². The maximum atomic E-state index is 10.7. The smallest absolute Gasteiger partial charge is 0.0802 e. The summed E-state index contributed by atoms with van der Waals surface area (Å²) in [5, 5.41) is 13.2. The van der Waals surface area contributed by atoms with E-state index in [1.54, 1.807) is 0 Å². The molecule has 2 aromatic carbocycles. The van der Waals surface area contributed by atoms with Crippen molar-refractivity contribution in [2.75, 3.05) is 19.6 Å². The number of hydrogen-bond acceptors (Lipinski definition) is 2. The Morgan fingerprint density at radius 2 is 1.37 bits per heavy atom. The summed E-state index contributed by atoms with van der Waals surface area (Å²) in [6.45, 7) is 7.88. The lowest BCUT2D eigenvalue weighted by Crippen LogP contribution is -2.28. The molecule has 0 saturated heterocycles. The molecule has 2 rings (SSSR count). The predicted octanol–water partition coefficient (Wildman–Crippen LogP) is 6.73. The largest absolute Gasteiger partial charge is 0.388 e. The Labute approximate surface area is 166 Å². The van der Waals surface area contributed by atoms with Crippen LogP contribution in [0.1, 0.15) is 83.3 Å². The van der Waals surface area contributed by atoms with Gasteiger partial charge in [0.2, 0.25) is 0 Å². The standard InChI is InChI=1S/C25H39NO/c1-3-5-7-11-18-26(19-12-8-6-4-2)20-17-25(27)24-16-15-22-13-9-10-14-23(22)21-24/h9-10,13-16,21,25,27H,3-8,11-12,17-20H2,1-2H3. The van der Waals surface area contributed by atoms with Crippen LogP contribution in [-0.2, 0) is 0 Å². The summed E-state index contributed by atoms with van der Waals surface area (Å²) >= 11 is 0. The van der Waals surface area contributed by atoms with E-state index in [2.05, 4.69) is 61.2 Å². The van der Waals surface area contributed by atoms with Crippen LogP contribution in [0.3, 0.4) is 0 Å². The zero-order valence-electron chi connectivity index (χ0n) is 17.5. The summed E-state index contributed by atoms with van der Waals surface area (Å²) in [6.07, 6.45) is 10.9. The first-order chi connectivity index (χ1) is 13.2. The van der Waals surface area contributed by atoms with Crippen LogP contribution in [-0.4, -0.2) is 29.6 Å². The lowest BCUT2D eigenvalue weighted by molar-refractivity contribution is 0.140. The van der Waals surface area contributed by atoms with Crippen LogP contribution in [0.5, 0.6) is 0 Å². The first-order valence-electron chi connectivity index (χ1n) is 11.1. The predicted molar refractivity (Wildman–Crippen MR) is 118 cm³/mol. The van der Waals surface area contributed by atoms with Gasteiger partial charge in [-0.05, 0) is 54.8 Å². The van der Waals surface area contributed by atoms with Gasteiger partial charge in [0.05, 0.1) is 6.10 Å². The Bertz CT molecular complexity index is 627. The molecule has 1 N–H and O–H groups in total. The summed E-state index contributed by atoms with van der Waals surface area (Å²) in [6, 6.07) is 14.7. The molecule has 150 valence electrons. The van der Waals surface area contributed by atoms with Crippen molar-refractivity contribution < 1.29 is 5.11 Å². The molecule has 0 aliphatic carbocycles. The number of benzene rings is 2. The highest BCUT2D eigenvalue weighted by Gasteiger charge is 2.12. The Morgan fingerprint density at radius 1 is 0.741 bits per heavy atom. The SMILES string of the molecule is CCCCCCN(CCCCCC)CCC(O)c1ccc2ccccc2c1. The molecule has 0 fully saturated rings. The molecule has 1 unspecified atom stereocenters. The van der Waals surface area contributed by atoms with Crippen molar-refractivity contribution in [2.45, 2.75) is 77.7 Å². The van der Waals surface area contributed by atoms with E-state index in [0.29, 0.717) is 0 Å². The highest BCUT2D eigenvalue weighted by molar-refractivity contribution is 5.83. The molecule has 0 aliphatic heterocycles. The molecule has 0 aromatic heterocycles. The molecule has 0 amide bonds. The minimum atomic E-state index is -0.372. The first-order valence-corrected chi connectivity index (χ1v) is 11.1. The van der Waals surface area contributed by atoms with Gasteiger partial charge in [-0.25, -0.2) is 0 Å². The molecule has 0 saturated carbocycles. The van der Waals surface area contributed by atoms with E-state index in [9.17, 15) is 5.11 Å².